The summed E-state index contributed by atoms with van der Waals surface area (Å²) in [5.41, 5.74) is 0. The van der Waals surface area contributed by atoms with Gasteiger partial charge in [0.15, 0.2) is 0 Å². The topological polar surface area (TPSA) is 81.6 Å². The molecule has 7 nitrogen and oxygen atoms in total. The Morgan fingerprint density at radius 1 is 1.24 bits per heavy atom. The van der Waals surface area contributed by atoms with E-state index in [2.05, 4.69) is 9.97 Å². The number of benzene rings is 1. The van der Waals surface area contributed by atoms with Gasteiger partial charge in [0.05, 0.1) is 18.6 Å². The fraction of sp³-hybridized carbons (Fsp3) is 0.375. The van der Waals surface area contributed by atoms with Crippen molar-refractivity contribution >= 4 is 21.6 Å². The first kappa shape index (κ1) is 17.9. The number of ether oxygens (including phenoxy) is 2. The monoisotopic (exact) mass is 383 g/mol. The molecule has 0 amide bonds. The van der Waals surface area contributed by atoms with Crippen LogP contribution in [0.2, 0.25) is 5.02 Å². The van der Waals surface area contributed by atoms with E-state index in [1.165, 1.54) is 29.7 Å². The van der Waals surface area contributed by atoms with Crippen LogP contribution in [0.1, 0.15) is 12.8 Å². The molecule has 25 heavy (non-hydrogen) atoms. The predicted octanol–water partition coefficient (Wildman–Crippen LogP) is 2.37. The first-order valence-electron chi connectivity index (χ1n) is 7.78. The molecule has 2 heterocycles. The molecule has 134 valence electrons. The van der Waals surface area contributed by atoms with Crippen molar-refractivity contribution in [3.05, 3.63) is 41.6 Å². The van der Waals surface area contributed by atoms with Gasteiger partial charge in [0.1, 0.15) is 6.10 Å². The Balaban J connectivity index is 1.73. The van der Waals surface area contributed by atoms with Crippen LogP contribution in [0.25, 0.3) is 0 Å². The maximum Gasteiger partial charge on any atom is 0.319 e. The highest BCUT2D eigenvalue weighted by atomic mass is 35.5. The van der Waals surface area contributed by atoms with Crippen molar-refractivity contribution in [3.63, 3.8) is 0 Å². The molecule has 0 spiro atoms. The van der Waals surface area contributed by atoms with Gasteiger partial charge in [0.2, 0.25) is 15.9 Å². The zero-order valence-corrected chi connectivity index (χ0v) is 15.2. The van der Waals surface area contributed by atoms with Crippen LogP contribution in [-0.4, -0.2) is 49.0 Å². The highest BCUT2D eigenvalue weighted by Gasteiger charge is 2.31. The number of nitrogens with zero attached hydrogens (tertiary/aromatic N) is 3. The summed E-state index contributed by atoms with van der Waals surface area (Å²) in [6, 6.07) is 7.99. The minimum Gasteiger partial charge on any atom is -0.473 e. The van der Waals surface area contributed by atoms with Gasteiger partial charge < -0.3 is 9.47 Å². The van der Waals surface area contributed by atoms with E-state index in [9.17, 15) is 8.42 Å². The molecule has 0 aliphatic carbocycles. The standard InChI is InChI=1S/C16H18ClN3O4S/c1-23-16-18-9-8-15(19-16)24-13-3-2-10-20(11-13)25(21,22)14-6-4-12(17)5-7-14/h4-9,13H,2-3,10-11H2,1H3. The van der Waals surface area contributed by atoms with Crippen molar-refractivity contribution in [2.75, 3.05) is 20.2 Å². The third kappa shape index (κ3) is 4.20. The maximum absolute atomic E-state index is 12.8. The van der Waals surface area contributed by atoms with Crippen molar-refractivity contribution in [1.29, 1.82) is 0 Å². The number of piperidine rings is 1. The number of rotatable bonds is 5. The van der Waals surface area contributed by atoms with Crippen molar-refractivity contribution in [2.24, 2.45) is 0 Å². The zero-order valence-electron chi connectivity index (χ0n) is 13.6. The SMILES string of the molecule is COc1nccc(OC2CCCN(S(=O)(=O)c3ccc(Cl)cc3)C2)n1. The largest absolute Gasteiger partial charge is 0.473 e. The number of methoxy groups -OCH3 is 1. The summed E-state index contributed by atoms with van der Waals surface area (Å²) in [6.45, 7) is 0.717. The van der Waals surface area contributed by atoms with E-state index in [1.807, 2.05) is 0 Å². The fourth-order valence-corrected chi connectivity index (χ4v) is 4.27. The number of sulfonamides is 1. The van der Waals surface area contributed by atoms with Gasteiger partial charge in [-0.1, -0.05) is 11.6 Å². The molecular formula is C16H18ClN3O4S. The van der Waals surface area contributed by atoms with Crippen LogP contribution in [0, 0.1) is 0 Å². The Kier molecular flexibility index (Phi) is 5.41. The van der Waals surface area contributed by atoms with Gasteiger partial charge in [-0.05, 0) is 37.1 Å². The predicted molar refractivity (Wildman–Crippen MR) is 92.4 cm³/mol. The molecule has 0 radical (unpaired) electrons. The lowest BCUT2D eigenvalue weighted by Crippen LogP contribution is -2.44. The quantitative estimate of drug-likeness (QED) is 0.788. The lowest BCUT2D eigenvalue weighted by Gasteiger charge is -2.31. The molecule has 0 saturated carbocycles. The van der Waals surface area contributed by atoms with Gasteiger partial charge in [-0.3, -0.25) is 0 Å². The molecular weight excluding hydrogens is 366 g/mol. The van der Waals surface area contributed by atoms with Crippen LogP contribution in [0.3, 0.4) is 0 Å². The van der Waals surface area contributed by atoms with Crippen LogP contribution in [0.4, 0.5) is 0 Å². The van der Waals surface area contributed by atoms with Crippen molar-refractivity contribution in [3.8, 4) is 11.9 Å². The Bertz CT molecular complexity index is 830. The third-order valence-electron chi connectivity index (χ3n) is 3.87. The minimum atomic E-state index is -3.58. The minimum absolute atomic E-state index is 0.207. The summed E-state index contributed by atoms with van der Waals surface area (Å²) in [6.07, 6.45) is 2.71. The fourth-order valence-electron chi connectivity index (χ4n) is 2.64. The van der Waals surface area contributed by atoms with Gasteiger partial charge in [-0.25, -0.2) is 13.4 Å². The van der Waals surface area contributed by atoms with E-state index in [-0.39, 0.29) is 23.6 Å². The van der Waals surface area contributed by atoms with E-state index >= 15 is 0 Å². The zero-order chi connectivity index (χ0) is 17.9. The lowest BCUT2D eigenvalue weighted by atomic mass is 10.1. The summed E-state index contributed by atoms with van der Waals surface area (Å²) in [4.78, 5) is 8.25. The van der Waals surface area contributed by atoms with Crippen molar-refractivity contribution < 1.29 is 17.9 Å². The lowest BCUT2D eigenvalue weighted by molar-refractivity contribution is 0.123. The Morgan fingerprint density at radius 3 is 2.72 bits per heavy atom. The summed E-state index contributed by atoms with van der Waals surface area (Å²) in [7, 11) is -2.11. The van der Waals surface area contributed by atoms with E-state index in [1.54, 1.807) is 18.2 Å². The molecule has 1 saturated heterocycles. The Labute approximate surface area is 151 Å². The molecule has 1 aromatic carbocycles. The van der Waals surface area contributed by atoms with Gasteiger partial charge >= 0.3 is 6.01 Å². The normalized spacial score (nSPS) is 18.7. The summed E-state index contributed by atoms with van der Waals surface area (Å²) in [5.74, 6) is 0.364. The maximum atomic E-state index is 12.8. The Morgan fingerprint density at radius 2 is 2.00 bits per heavy atom. The van der Waals surface area contributed by atoms with Crippen molar-refractivity contribution in [1.82, 2.24) is 14.3 Å². The Hall–Kier alpha value is -1.90. The molecule has 1 fully saturated rings. The van der Waals surface area contributed by atoms with Crippen molar-refractivity contribution in [2.45, 2.75) is 23.8 Å². The smallest absolute Gasteiger partial charge is 0.319 e. The van der Waals surface area contributed by atoms with Gasteiger partial charge in [-0.2, -0.15) is 9.29 Å². The average Bonchev–Trinajstić information content (AvgIpc) is 2.62. The van der Waals surface area contributed by atoms with Crippen LogP contribution in [-0.2, 0) is 10.0 Å². The molecule has 1 aliphatic rings. The van der Waals surface area contributed by atoms with Gasteiger partial charge in [-0.15, -0.1) is 0 Å². The van der Waals surface area contributed by atoms with Crippen LogP contribution < -0.4 is 9.47 Å². The summed E-state index contributed by atoms with van der Waals surface area (Å²) < 4.78 is 37.8. The average molecular weight is 384 g/mol. The summed E-state index contributed by atoms with van der Waals surface area (Å²) in [5, 5.41) is 0.497. The van der Waals surface area contributed by atoms with Crippen LogP contribution in [0.15, 0.2) is 41.4 Å². The molecule has 1 aliphatic heterocycles. The number of halogens is 1. The molecule has 0 bridgehead atoms. The highest BCUT2D eigenvalue weighted by molar-refractivity contribution is 7.89. The second-order valence-corrected chi connectivity index (χ2v) is 7.96. The first-order chi connectivity index (χ1) is 12.0. The molecule has 1 atom stereocenters. The van der Waals surface area contributed by atoms with E-state index in [4.69, 9.17) is 21.1 Å². The number of hydrogen-bond acceptors (Lipinski definition) is 6. The van der Waals surface area contributed by atoms with Gasteiger partial charge in [0, 0.05) is 23.8 Å². The molecule has 0 N–H and O–H groups in total. The third-order valence-corrected chi connectivity index (χ3v) is 6.00. The molecule has 9 heteroatoms. The number of hydrogen-bond donors (Lipinski definition) is 0. The molecule has 3 rings (SSSR count). The molecule has 1 unspecified atom stereocenters. The summed E-state index contributed by atoms with van der Waals surface area (Å²) >= 11 is 5.83. The highest BCUT2D eigenvalue weighted by Crippen LogP contribution is 2.24. The van der Waals surface area contributed by atoms with Crippen LogP contribution in [0.5, 0.6) is 11.9 Å². The number of aromatic nitrogens is 2. The second-order valence-electron chi connectivity index (χ2n) is 5.58. The molecule has 2 aromatic rings. The second kappa shape index (κ2) is 7.55. The van der Waals surface area contributed by atoms with E-state index in [0.717, 1.165) is 6.42 Å². The molecule has 1 aromatic heterocycles. The van der Waals surface area contributed by atoms with E-state index in [0.29, 0.717) is 23.9 Å². The van der Waals surface area contributed by atoms with Crippen LogP contribution >= 0.6 is 11.6 Å². The van der Waals surface area contributed by atoms with Gasteiger partial charge in [0.25, 0.3) is 0 Å². The van der Waals surface area contributed by atoms with E-state index < -0.39 is 10.0 Å². The first-order valence-corrected chi connectivity index (χ1v) is 9.60.